The molecule has 0 fully saturated rings. The van der Waals surface area contributed by atoms with E-state index in [1.54, 1.807) is 6.07 Å². The summed E-state index contributed by atoms with van der Waals surface area (Å²) >= 11 is 0. The third kappa shape index (κ3) is 5.43. The molecule has 1 unspecified atom stereocenters. The zero-order valence-corrected chi connectivity index (χ0v) is 11.9. The molecule has 1 rings (SSSR count). The number of nitrogens with one attached hydrogen (secondary N) is 1. The van der Waals surface area contributed by atoms with Crippen LogP contribution >= 0.6 is 0 Å². The Balaban J connectivity index is 2.51. The van der Waals surface area contributed by atoms with E-state index in [0.29, 0.717) is 12.4 Å². The van der Waals surface area contributed by atoms with Crippen LogP contribution in [-0.4, -0.2) is 13.7 Å². The van der Waals surface area contributed by atoms with Crippen LogP contribution in [0.15, 0.2) is 30.9 Å². The molecule has 0 saturated heterocycles. The molecule has 0 radical (unpaired) electrons. The molecule has 3 heteroatoms. The van der Waals surface area contributed by atoms with Crippen molar-refractivity contribution < 1.29 is 9.13 Å². The fourth-order valence-electron chi connectivity index (χ4n) is 1.90. The molecule has 0 aliphatic carbocycles. The summed E-state index contributed by atoms with van der Waals surface area (Å²) in [6.07, 6.45) is 6.20. The van der Waals surface area contributed by atoms with E-state index in [9.17, 15) is 4.39 Å². The molecule has 0 aliphatic heterocycles. The minimum Gasteiger partial charge on any atom is -0.493 e. The maximum absolute atomic E-state index is 13.3. The van der Waals surface area contributed by atoms with Gasteiger partial charge in [0.2, 0.25) is 0 Å². The number of rotatable bonds is 9. The molecular weight excluding hydrogens is 241 g/mol. The lowest BCUT2D eigenvalue weighted by atomic mass is 10.1. The molecule has 1 aromatic carbocycles. The van der Waals surface area contributed by atoms with Crippen molar-refractivity contribution in [3.8, 4) is 5.75 Å². The fraction of sp³-hybridized carbons (Fsp3) is 0.500. The van der Waals surface area contributed by atoms with Gasteiger partial charge in [0.05, 0.1) is 6.61 Å². The largest absolute Gasteiger partial charge is 0.493 e. The summed E-state index contributed by atoms with van der Waals surface area (Å²) < 4.78 is 19.0. The molecule has 0 heterocycles. The highest BCUT2D eigenvalue weighted by atomic mass is 19.1. The van der Waals surface area contributed by atoms with Crippen molar-refractivity contribution in [2.45, 2.75) is 38.6 Å². The van der Waals surface area contributed by atoms with Gasteiger partial charge < -0.3 is 10.1 Å². The lowest BCUT2D eigenvalue weighted by Gasteiger charge is -2.16. The van der Waals surface area contributed by atoms with Crippen molar-refractivity contribution in [3.05, 3.63) is 42.2 Å². The first kappa shape index (κ1) is 15.7. The van der Waals surface area contributed by atoms with E-state index in [2.05, 4.69) is 11.9 Å². The first-order valence-electron chi connectivity index (χ1n) is 6.89. The number of hydrogen-bond acceptors (Lipinski definition) is 2. The van der Waals surface area contributed by atoms with Crippen LogP contribution in [0, 0.1) is 5.82 Å². The predicted octanol–water partition coefficient (Wildman–Crippen LogP) is 4.23. The van der Waals surface area contributed by atoms with Gasteiger partial charge in [-0.2, -0.15) is 0 Å². The van der Waals surface area contributed by atoms with Gasteiger partial charge in [0.1, 0.15) is 11.6 Å². The molecule has 0 bridgehead atoms. The summed E-state index contributed by atoms with van der Waals surface area (Å²) in [6, 6.07) is 4.87. The van der Waals surface area contributed by atoms with Crippen LogP contribution in [0.5, 0.6) is 5.75 Å². The second kappa shape index (κ2) is 8.70. The summed E-state index contributed by atoms with van der Waals surface area (Å²) in [5.74, 6) is 0.388. The fourth-order valence-corrected chi connectivity index (χ4v) is 1.90. The Bertz CT molecular complexity index is 392. The maximum Gasteiger partial charge on any atom is 0.126 e. The maximum atomic E-state index is 13.3. The number of benzene rings is 1. The highest BCUT2D eigenvalue weighted by Gasteiger charge is 2.11. The van der Waals surface area contributed by atoms with E-state index in [-0.39, 0.29) is 11.9 Å². The van der Waals surface area contributed by atoms with Gasteiger partial charge in [0, 0.05) is 17.7 Å². The summed E-state index contributed by atoms with van der Waals surface area (Å²) in [7, 11) is 1.88. The average Bonchev–Trinajstić information content (AvgIpc) is 2.42. The minimum absolute atomic E-state index is 0.149. The predicted molar refractivity (Wildman–Crippen MR) is 78.0 cm³/mol. The Labute approximate surface area is 115 Å². The van der Waals surface area contributed by atoms with Crippen molar-refractivity contribution in [3.63, 3.8) is 0 Å². The number of halogens is 1. The topological polar surface area (TPSA) is 21.3 Å². The Morgan fingerprint density at radius 2 is 2.16 bits per heavy atom. The molecular formula is C16H24FNO. The zero-order valence-electron chi connectivity index (χ0n) is 11.9. The number of hydrogen-bond donors (Lipinski definition) is 1. The van der Waals surface area contributed by atoms with Gasteiger partial charge in [-0.15, -0.1) is 6.58 Å². The van der Waals surface area contributed by atoms with Gasteiger partial charge in [-0.25, -0.2) is 4.39 Å². The molecule has 1 N–H and O–H groups in total. The van der Waals surface area contributed by atoms with Crippen LogP contribution in [0.3, 0.4) is 0 Å². The number of allylic oxidation sites excluding steroid dienone is 1. The Morgan fingerprint density at radius 3 is 2.84 bits per heavy atom. The van der Waals surface area contributed by atoms with E-state index in [0.717, 1.165) is 31.2 Å². The lowest BCUT2D eigenvalue weighted by Crippen LogP contribution is -2.14. The third-order valence-electron chi connectivity index (χ3n) is 3.19. The summed E-state index contributed by atoms with van der Waals surface area (Å²) in [5.41, 5.74) is 0.995. The van der Waals surface area contributed by atoms with Gasteiger partial charge in [0.25, 0.3) is 0 Å². The van der Waals surface area contributed by atoms with Crippen molar-refractivity contribution in [2.24, 2.45) is 0 Å². The van der Waals surface area contributed by atoms with Gasteiger partial charge in [-0.1, -0.05) is 12.1 Å². The van der Waals surface area contributed by atoms with E-state index >= 15 is 0 Å². The molecule has 0 amide bonds. The minimum atomic E-state index is -0.256. The van der Waals surface area contributed by atoms with Gasteiger partial charge >= 0.3 is 0 Å². The summed E-state index contributed by atoms with van der Waals surface area (Å²) in [4.78, 5) is 0. The monoisotopic (exact) mass is 265 g/mol. The van der Waals surface area contributed by atoms with Gasteiger partial charge in [0.15, 0.2) is 0 Å². The van der Waals surface area contributed by atoms with Crippen LogP contribution in [0.4, 0.5) is 4.39 Å². The summed E-state index contributed by atoms with van der Waals surface area (Å²) in [6.45, 7) is 6.36. The highest BCUT2D eigenvalue weighted by Crippen LogP contribution is 2.26. The quantitative estimate of drug-likeness (QED) is 0.533. The summed E-state index contributed by atoms with van der Waals surface area (Å²) in [5, 5.41) is 3.15. The first-order valence-corrected chi connectivity index (χ1v) is 6.89. The second-order valence-corrected chi connectivity index (χ2v) is 4.68. The molecule has 0 aliphatic rings. The van der Waals surface area contributed by atoms with E-state index < -0.39 is 0 Å². The van der Waals surface area contributed by atoms with Gasteiger partial charge in [-0.05, 0) is 45.7 Å². The Morgan fingerprint density at radius 1 is 1.37 bits per heavy atom. The normalized spacial score (nSPS) is 12.2. The molecule has 0 saturated carbocycles. The molecule has 106 valence electrons. The molecule has 2 nitrogen and oxygen atoms in total. The molecule has 0 spiro atoms. The van der Waals surface area contributed by atoms with E-state index in [4.69, 9.17) is 4.74 Å². The SMILES string of the molecule is C=CCCCCCOc1cc(F)ccc1C(C)NC. The van der Waals surface area contributed by atoms with Crippen molar-refractivity contribution >= 4 is 0 Å². The molecule has 1 aromatic rings. The highest BCUT2D eigenvalue weighted by molar-refractivity contribution is 5.36. The second-order valence-electron chi connectivity index (χ2n) is 4.68. The van der Waals surface area contributed by atoms with E-state index in [1.807, 2.05) is 20.0 Å². The van der Waals surface area contributed by atoms with Crippen LogP contribution in [-0.2, 0) is 0 Å². The van der Waals surface area contributed by atoms with Crippen LogP contribution in [0.25, 0.3) is 0 Å². The van der Waals surface area contributed by atoms with Crippen LogP contribution < -0.4 is 10.1 Å². The third-order valence-corrected chi connectivity index (χ3v) is 3.19. The number of unbranched alkanes of at least 4 members (excludes halogenated alkanes) is 3. The molecule has 19 heavy (non-hydrogen) atoms. The van der Waals surface area contributed by atoms with Crippen molar-refractivity contribution in [1.29, 1.82) is 0 Å². The average molecular weight is 265 g/mol. The number of ether oxygens (including phenoxy) is 1. The first-order chi connectivity index (χ1) is 9.19. The van der Waals surface area contributed by atoms with Crippen molar-refractivity contribution in [2.75, 3.05) is 13.7 Å². The van der Waals surface area contributed by atoms with E-state index in [1.165, 1.54) is 12.1 Å². The smallest absolute Gasteiger partial charge is 0.126 e. The van der Waals surface area contributed by atoms with Crippen LogP contribution in [0.1, 0.15) is 44.2 Å². The zero-order chi connectivity index (χ0) is 14.1. The molecule has 1 atom stereocenters. The van der Waals surface area contributed by atoms with Crippen LogP contribution in [0.2, 0.25) is 0 Å². The standard InChI is InChI=1S/C16H24FNO/c1-4-5-6-7-8-11-19-16-12-14(17)9-10-15(16)13(2)18-3/h4,9-10,12-13,18H,1,5-8,11H2,2-3H3. The van der Waals surface area contributed by atoms with Gasteiger partial charge in [-0.3, -0.25) is 0 Å². The molecule has 0 aromatic heterocycles. The Hall–Kier alpha value is -1.35. The van der Waals surface area contributed by atoms with Crippen molar-refractivity contribution in [1.82, 2.24) is 5.32 Å². The lowest BCUT2D eigenvalue weighted by molar-refractivity contribution is 0.298. The Kier molecular flexibility index (Phi) is 7.19.